The zero-order valence-electron chi connectivity index (χ0n) is 9.72. The SMILES string of the molecule is CCOC(=O)n1cc(CCO)c2ccccc21. The van der Waals surface area contributed by atoms with Crippen LogP contribution >= 0.6 is 0 Å². The second kappa shape index (κ2) is 5.01. The van der Waals surface area contributed by atoms with Gasteiger partial charge in [-0.05, 0) is 25.0 Å². The molecule has 1 aromatic heterocycles. The molecule has 4 nitrogen and oxygen atoms in total. The van der Waals surface area contributed by atoms with Crippen molar-refractivity contribution in [3.05, 3.63) is 36.0 Å². The van der Waals surface area contributed by atoms with E-state index in [-0.39, 0.29) is 12.7 Å². The molecule has 0 amide bonds. The van der Waals surface area contributed by atoms with Crippen LogP contribution in [0.4, 0.5) is 4.79 Å². The van der Waals surface area contributed by atoms with Crippen LogP contribution in [0.15, 0.2) is 30.5 Å². The van der Waals surface area contributed by atoms with Crippen molar-refractivity contribution < 1.29 is 14.6 Å². The van der Waals surface area contributed by atoms with Crippen LogP contribution in [-0.2, 0) is 11.2 Å². The quantitative estimate of drug-likeness (QED) is 0.884. The van der Waals surface area contributed by atoms with Crippen LogP contribution in [0.5, 0.6) is 0 Å². The number of ether oxygens (including phenoxy) is 1. The van der Waals surface area contributed by atoms with E-state index < -0.39 is 0 Å². The highest BCUT2D eigenvalue weighted by Gasteiger charge is 2.13. The molecule has 1 N–H and O–H groups in total. The maximum atomic E-state index is 11.8. The number of aliphatic hydroxyl groups is 1. The Labute approximate surface area is 99.4 Å². The fraction of sp³-hybridized carbons (Fsp3) is 0.308. The number of carbonyl (C=O) groups is 1. The molecule has 0 radical (unpaired) electrons. The fourth-order valence-electron chi connectivity index (χ4n) is 1.91. The average Bonchev–Trinajstić information content (AvgIpc) is 2.70. The van der Waals surface area contributed by atoms with Crippen LogP contribution in [-0.4, -0.2) is 29.0 Å². The number of fused-ring (bicyclic) bond motifs is 1. The summed E-state index contributed by atoms with van der Waals surface area (Å²) in [5, 5.41) is 9.99. The van der Waals surface area contributed by atoms with E-state index >= 15 is 0 Å². The molecule has 0 bridgehead atoms. The van der Waals surface area contributed by atoms with Crippen LogP contribution in [0.25, 0.3) is 10.9 Å². The molecule has 4 heteroatoms. The van der Waals surface area contributed by atoms with Gasteiger partial charge >= 0.3 is 6.09 Å². The molecule has 90 valence electrons. The maximum Gasteiger partial charge on any atom is 0.418 e. The van der Waals surface area contributed by atoms with Gasteiger partial charge in [0.2, 0.25) is 0 Å². The van der Waals surface area contributed by atoms with Gasteiger partial charge in [0.1, 0.15) is 0 Å². The zero-order valence-corrected chi connectivity index (χ0v) is 9.72. The van der Waals surface area contributed by atoms with Crippen molar-refractivity contribution >= 4 is 17.0 Å². The molecule has 0 saturated heterocycles. The van der Waals surface area contributed by atoms with Crippen molar-refractivity contribution in [2.75, 3.05) is 13.2 Å². The van der Waals surface area contributed by atoms with Crippen LogP contribution in [0.1, 0.15) is 12.5 Å². The van der Waals surface area contributed by atoms with Crippen molar-refractivity contribution in [3.63, 3.8) is 0 Å². The Morgan fingerprint density at radius 1 is 1.41 bits per heavy atom. The van der Waals surface area contributed by atoms with Crippen LogP contribution in [0, 0.1) is 0 Å². The van der Waals surface area contributed by atoms with Crippen molar-refractivity contribution in [2.24, 2.45) is 0 Å². The van der Waals surface area contributed by atoms with E-state index in [0.717, 1.165) is 16.5 Å². The number of rotatable bonds is 3. The molecular formula is C13H15NO3. The van der Waals surface area contributed by atoms with E-state index in [2.05, 4.69) is 0 Å². The van der Waals surface area contributed by atoms with Crippen molar-refractivity contribution in [3.8, 4) is 0 Å². The van der Waals surface area contributed by atoms with Crippen molar-refractivity contribution in [1.29, 1.82) is 0 Å². The Balaban J connectivity index is 2.52. The first-order valence-electron chi connectivity index (χ1n) is 5.65. The number of carbonyl (C=O) groups excluding carboxylic acids is 1. The first kappa shape index (κ1) is 11.7. The summed E-state index contributed by atoms with van der Waals surface area (Å²) in [6, 6.07) is 7.60. The van der Waals surface area contributed by atoms with Gasteiger partial charge in [0, 0.05) is 18.2 Å². The summed E-state index contributed by atoms with van der Waals surface area (Å²) in [5.74, 6) is 0. The predicted octanol–water partition coefficient (Wildman–Crippen LogP) is 2.18. The van der Waals surface area contributed by atoms with Gasteiger partial charge in [-0.15, -0.1) is 0 Å². The van der Waals surface area contributed by atoms with Gasteiger partial charge in [-0.3, -0.25) is 4.57 Å². The normalized spacial score (nSPS) is 10.7. The highest BCUT2D eigenvalue weighted by molar-refractivity contribution is 5.91. The molecule has 17 heavy (non-hydrogen) atoms. The molecule has 2 aromatic rings. The van der Waals surface area contributed by atoms with Gasteiger partial charge in [0.25, 0.3) is 0 Å². The third-order valence-corrected chi connectivity index (χ3v) is 2.64. The lowest BCUT2D eigenvalue weighted by atomic mass is 10.1. The van der Waals surface area contributed by atoms with Crippen LogP contribution < -0.4 is 0 Å². The molecule has 0 unspecified atom stereocenters. The van der Waals surface area contributed by atoms with E-state index in [4.69, 9.17) is 9.84 Å². The molecule has 2 rings (SSSR count). The van der Waals surface area contributed by atoms with Crippen LogP contribution in [0.3, 0.4) is 0 Å². The zero-order chi connectivity index (χ0) is 12.3. The summed E-state index contributed by atoms with van der Waals surface area (Å²) in [6.45, 7) is 2.19. The van der Waals surface area contributed by atoms with E-state index in [1.165, 1.54) is 4.57 Å². The minimum atomic E-state index is -0.382. The summed E-state index contributed by atoms with van der Waals surface area (Å²) in [4.78, 5) is 11.8. The molecule has 1 heterocycles. The number of hydrogen-bond acceptors (Lipinski definition) is 3. The van der Waals surface area contributed by atoms with Crippen LogP contribution in [0.2, 0.25) is 0 Å². The van der Waals surface area contributed by atoms with E-state index in [9.17, 15) is 4.79 Å². The lowest BCUT2D eigenvalue weighted by molar-refractivity contribution is 0.155. The first-order chi connectivity index (χ1) is 8.27. The monoisotopic (exact) mass is 233 g/mol. The second-order valence-electron chi connectivity index (χ2n) is 3.71. The second-order valence-corrected chi connectivity index (χ2v) is 3.71. The summed E-state index contributed by atoms with van der Waals surface area (Å²) >= 11 is 0. The summed E-state index contributed by atoms with van der Waals surface area (Å²) < 4.78 is 6.48. The lowest BCUT2D eigenvalue weighted by Crippen LogP contribution is -2.12. The smallest absolute Gasteiger partial charge is 0.418 e. The van der Waals surface area contributed by atoms with Gasteiger partial charge in [-0.25, -0.2) is 4.79 Å². The minimum Gasteiger partial charge on any atom is -0.449 e. The summed E-state index contributed by atoms with van der Waals surface area (Å²) in [7, 11) is 0. The van der Waals surface area contributed by atoms with Gasteiger partial charge in [0.15, 0.2) is 0 Å². The number of para-hydroxylation sites is 1. The average molecular weight is 233 g/mol. The highest BCUT2D eigenvalue weighted by Crippen LogP contribution is 2.21. The molecule has 1 aromatic carbocycles. The molecule has 0 fully saturated rings. The Kier molecular flexibility index (Phi) is 3.44. The molecule has 0 aliphatic rings. The van der Waals surface area contributed by atoms with Gasteiger partial charge in [0.05, 0.1) is 12.1 Å². The third kappa shape index (κ3) is 2.17. The lowest BCUT2D eigenvalue weighted by Gasteiger charge is -2.03. The minimum absolute atomic E-state index is 0.0663. The van der Waals surface area contributed by atoms with Gasteiger partial charge in [-0.2, -0.15) is 0 Å². The number of aliphatic hydroxyl groups excluding tert-OH is 1. The van der Waals surface area contributed by atoms with Gasteiger partial charge in [-0.1, -0.05) is 18.2 Å². The van der Waals surface area contributed by atoms with E-state index in [1.54, 1.807) is 13.1 Å². The van der Waals surface area contributed by atoms with E-state index in [1.807, 2.05) is 24.3 Å². The molecule has 0 aliphatic heterocycles. The number of benzene rings is 1. The van der Waals surface area contributed by atoms with Gasteiger partial charge < -0.3 is 9.84 Å². The summed E-state index contributed by atoms with van der Waals surface area (Å²) in [5.41, 5.74) is 1.77. The first-order valence-corrected chi connectivity index (χ1v) is 5.65. The van der Waals surface area contributed by atoms with E-state index in [0.29, 0.717) is 13.0 Å². The number of aromatic nitrogens is 1. The van der Waals surface area contributed by atoms with Crippen molar-refractivity contribution in [1.82, 2.24) is 4.57 Å². The Hall–Kier alpha value is -1.81. The highest BCUT2D eigenvalue weighted by atomic mass is 16.5. The third-order valence-electron chi connectivity index (χ3n) is 2.64. The standard InChI is InChI=1S/C13H15NO3/c1-2-17-13(16)14-9-10(7-8-15)11-5-3-4-6-12(11)14/h3-6,9,15H,2,7-8H2,1H3. The Bertz CT molecular complexity index is 530. The van der Waals surface area contributed by atoms with Crippen molar-refractivity contribution in [2.45, 2.75) is 13.3 Å². The molecule has 0 saturated carbocycles. The molecule has 0 atom stereocenters. The Morgan fingerprint density at radius 2 is 2.18 bits per heavy atom. The number of hydrogen-bond donors (Lipinski definition) is 1. The molecule has 0 aliphatic carbocycles. The number of nitrogens with zero attached hydrogens (tertiary/aromatic N) is 1. The Morgan fingerprint density at radius 3 is 2.88 bits per heavy atom. The molecule has 0 spiro atoms. The maximum absolute atomic E-state index is 11.8. The predicted molar refractivity (Wildman–Crippen MR) is 65.1 cm³/mol. The fourth-order valence-corrected chi connectivity index (χ4v) is 1.91. The molecular weight excluding hydrogens is 218 g/mol. The largest absolute Gasteiger partial charge is 0.449 e. The topological polar surface area (TPSA) is 51.5 Å². The summed E-state index contributed by atoms with van der Waals surface area (Å²) in [6.07, 6.45) is 1.89.